The number of aryl methyl sites for hydroxylation is 1. The third-order valence-corrected chi connectivity index (χ3v) is 5.08. The first-order chi connectivity index (χ1) is 10.5. The van der Waals surface area contributed by atoms with Crippen molar-refractivity contribution < 1.29 is 13.2 Å². The number of hydrogen-bond donors (Lipinski definition) is 1. The van der Waals surface area contributed by atoms with Gasteiger partial charge in [-0.05, 0) is 36.8 Å². The van der Waals surface area contributed by atoms with Gasteiger partial charge in [-0.1, -0.05) is 12.1 Å². The summed E-state index contributed by atoms with van der Waals surface area (Å²) in [5, 5.41) is 0. The molecule has 1 N–H and O–H groups in total. The highest BCUT2D eigenvalue weighted by Crippen LogP contribution is 2.29. The molecule has 3 aromatic rings. The molecule has 1 aromatic heterocycles. The van der Waals surface area contributed by atoms with Gasteiger partial charge in [0, 0.05) is 0 Å². The number of nitrogens with one attached hydrogen (secondary N) is 1. The second-order valence-corrected chi connectivity index (χ2v) is 6.88. The van der Waals surface area contributed by atoms with Crippen LogP contribution in [0.25, 0.3) is 11.0 Å². The van der Waals surface area contributed by atoms with Gasteiger partial charge in [0.15, 0.2) is 0 Å². The Morgan fingerprint density at radius 1 is 1.18 bits per heavy atom. The van der Waals surface area contributed by atoms with E-state index in [1.807, 2.05) is 13.0 Å². The monoisotopic (exact) mass is 335 g/mol. The minimum Gasteiger partial charge on any atom is -0.495 e. The predicted octanol–water partition coefficient (Wildman–Crippen LogP) is 2.81. The lowest BCUT2D eigenvalue weighted by atomic mass is 10.2. The first kappa shape index (κ1) is 14.7. The summed E-state index contributed by atoms with van der Waals surface area (Å²) in [5.41, 5.74) is 2.29. The Balaban J connectivity index is 2.06. The van der Waals surface area contributed by atoms with E-state index in [1.165, 1.54) is 13.2 Å². The van der Waals surface area contributed by atoms with Gasteiger partial charge in [0.25, 0.3) is 10.0 Å². The fourth-order valence-corrected chi connectivity index (χ4v) is 3.92. The first-order valence-electron chi connectivity index (χ1n) is 6.40. The van der Waals surface area contributed by atoms with E-state index < -0.39 is 10.0 Å². The highest BCUT2D eigenvalue weighted by Gasteiger charge is 2.21. The molecule has 0 aliphatic rings. The van der Waals surface area contributed by atoms with Gasteiger partial charge in [-0.25, -0.2) is 8.42 Å². The molecule has 0 fully saturated rings. The van der Waals surface area contributed by atoms with E-state index in [1.54, 1.807) is 24.3 Å². The van der Waals surface area contributed by atoms with E-state index in [0.29, 0.717) is 22.5 Å². The molecule has 6 nitrogen and oxygen atoms in total. The number of anilines is 1. The molecule has 22 heavy (non-hydrogen) atoms. The third-order valence-electron chi connectivity index (χ3n) is 3.14. The van der Waals surface area contributed by atoms with Crippen LogP contribution in [0, 0.1) is 6.92 Å². The van der Waals surface area contributed by atoms with Crippen LogP contribution in [0.2, 0.25) is 0 Å². The molecule has 0 saturated carbocycles. The van der Waals surface area contributed by atoms with Crippen LogP contribution >= 0.6 is 11.7 Å². The molecular weight excluding hydrogens is 322 g/mol. The minimum absolute atomic E-state index is 0.0985. The van der Waals surface area contributed by atoms with Crippen LogP contribution in [-0.4, -0.2) is 24.3 Å². The van der Waals surface area contributed by atoms with Gasteiger partial charge in [-0.2, -0.15) is 8.75 Å². The van der Waals surface area contributed by atoms with Gasteiger partial charge < -0.3 is 4.74 Å². The zero-order valence-corrected chi connectivity index (χ0v) is 13.5. The summed E-state index contributed by atoms with van der Waals surface area (Å²) in [5.74, 6) is 0.465. The van der Waals surface area contributed by atoms with E-state index in [4.69, 9.17) is 4.74 Å². The topological polar surface area (TPSA) is 81.2 Å². The summed E-state index contributed by atoms with van der Waals surface area (Å²) in [4.78, 5) is 0.0985. The summed E-state index contributed by atoms with van der Waals surface area (Å²) >= 11 is 0.982. The highest BCUT2D eigenvalue weighted by molar-refractivity contribution is 7.93. The maximum Gasteiger partial charge on any atom is 0.264 e. The Morgan fingerprint density at radius 2 is 2.00 bits per heavy atom. The lowest BCUT2D eigenvalue weighted by Crippen LogP contribution is -2.14. The van der Waals surface area contributed by atoms with Crippen LogP contribution in [0.4, 0.5) is 5.69 Å². The van der Waals surface area contributed by atoms with E-state index >= 15 is 0 Å². The molecule has 0 radical (unpaired) electrons. The first-order valence-corrected chi connectivity index (χ1v) is 8.61. The van der Waals surface area contributed by atoms with Crippen molar-refractivity contribution in [3.63, 3.8) is 0 Å². The van der Waals surface area contributed by atoms with Crippen molar-refractivity contribution in [2.75, 3.05) is 11.8 Å². The molecule has 0 unspecified atom stereocenters. The fraction of sp³-hybridized carbons (Fsp3) is 0.143. The number of sulfonamides is 1. The number of ether oxygens (including phenoxy) is 1. The normalized spacial score (nSPS) is 11.5. The number of fused-ring (bicyclic) bond motifs is 1. The molecule has 3 rings (SSSR count). The van der Waals surface area contributed by atoms with Crippen LogP contribution in [0.1, 0.15) is 5.56 Å². The Bertz CT molecular complexity index is 935. The maximum absolute atomic E-state index is 12.6. The Labute approximate surface area is 132 Å². The van der Waals surface area contributed by atoms with Crippen molar-refractivity contribution in [1.82, 2.24) is 8.75 Å². The molecule has 2 aromatic carbocycles. The second-order valence-electron chi connectivity index (χ2n) is 4.70. The summed E-state index contributed by atoms with van der Waals surface area (Å²) in [6.07, 6.45) is 0. The fourth-order valence-electron chi connectivity index (χ4n) is 2.08. The van der Waals surface area contributed by atoms with Crippen molar-refractivity contribution >= 4 is 38.5 Å². The quantitative estimate of drug-likeness (QED) is 0.793. The average Bonchev–Trinajstić information content (AvgIpc) is 2.97. The van der Waals surface area contributed by atoms with Gasteiger partial charge in [-0.15, -0.1) is 0 Å². The van der Waals surface area contributed by atoms with Crippen LogP contribution in [0.5, 0.6) is 5.75 Å². The van der Waals surface area contributed by atoms with Crippen molar-refractivity contribution in [3.05, 3.63) is 42.0 Å². The third kappa shape index (κ3) is 2.62. The molecular formula is C14H13N3O3S2. The molecule has 0 aliphatic heterocycles. The highest BCUT2D eigenvalue weighted by atomic mass is 32.2. The Kier molecular flexibility index (Phi) is 3.71. The van der Waals surface area contributed by atoms with Crippen LogP contribution in [0.15, 0.2) is 41.3 Å². The summed E-state index contributed by atoms with van der Waals surface area (Å²) < 4.78 is 41.2. The molecule has 0 saturated heterocycles. The van der Waals surface area contributed by atoms with Crippen molar-refractivity contribution in [1.29, 1.82) is 0 Å². The van der Waals surface area contributed by atoms with E-state index in [9.17, 15) is 8.42 Å². The Morgan fingerprint density at radius 3 is 2.77 bits per heavy atom. The van der Waals surface area contributed by atoms with E-state index in [2.05, 4.69) is 13.5 Å². The Hall–Kier alpha value is -2.19. The van der Waals surface area contributed by atoms with E-state index in [0.717, 1.165) is 17.3 Å². The smallest absolute Gasteiger partial charge is 0.264 e. The van der Waals surface area contributed by atoms with Crippen LogP contribution in [0.3, 0.4) is 0 Å². The molecule has 0 spiro atoms. The van der Waals surface area contributed by atoms with Crippen LogP contribution < -0.4 is 9.46 Å². The maximum atomic E-state index is 12.6. The lowest BCUT2D eigenvalue weighted by molar-refractivity contribution is 0.416. The zero-order chi connectivity index (χ0) is 15.7. The van der Waals surface area contributed by atoms with Gasteiger partial charge in [0.05, 0.1) is 24.5 Å². The molecule has 0 aliphatic carbocycles. The second kappa shape index (κ2) is 5.54. The standard InChI is InChI=1S/C14H13N3O3S2/c1-9-6-7-10(12(8-9)20-2)17-22(18,19)13-5-3-4-11-14(13)16-21-15-11/h3-8,17H,1-2H3. The molecule has 0 bridgehead atoms. The minimum atomic E-state index is -3.78. The number of nitrogens with zero attached hydrogens (tertiary/aromatic N) is 2. The van der Waals surface area contributed by atoms with Gasteiger partial charge >= 0.3 is 0 Å². The number of benzene rings is 2. The van der Waals surface area contributed by atoms with Crippen LogP contribution in [-0.2, 0) is 10.0 Å². The number of aromatic nitrogens is 2. The molecule has 1 heterocycles. The average molecular weight is 335 g/mol. The lowest BCUT2D eigenvalue weighted by Gasteiger charge is -2.12. The molecule has 114 valence electrons. The number of rotatable bonds is 4. The van der Waals surface area contributed by atoms with Crippen molar-refractivity contribution in [2.45, 2.75) is 11.8 Å². The summed E-state index contributed by atoms with van der Waals surface area (Å²) in [6.45, 7) is 1.91. The van der Waals surface area contributed by atoms with Crippen molar-refractivity contribution in [3.8, 4) is 5.75 Å². The SMILES string of the molecule is COc1cc(C)ccc1NS(=O)(=O)c1cccc2nsnc12. The molecule has 8 heteroatoms. The van der Waals surface area contributed by atoms with Gasteiger partial charge in [-0.3, -0.25) is 4.72 Å². The van der Waals surface area contributed by atoms with Crippen molar-refractivity contribution in [2.24, 2.45) is 0 Å². The summed E-state index contributed by atoms with van der Waals surface area (Å²) in [7, 11) is -2.28. The number of hydrogen-bond acceptors (Lipinski definition) is 6. The predicted molar refractivity (Wildman–Crippen MR) is 86.0 cm³/mol. The molecule has 0 atom stereocenters. The van der Waals surface area contributed by atoms with Gasteiger partial charge in [0.1, 0.15) is 21.7 Å². The largest absolute Gasteiger partial charge is 0.495 e. The van der Waals surface area contributed by atoms with Gasteiger partial charge in [0.2, 0.25) is 0 Å². The van der Waals surface area contributed by atoms with E-state index in [-0.39, 0.29) is 4.90 Å². The number of methoxy groups -OCH3 is 1. The molecule has 0 amide bonds. The summed E-state index contributed by atoms with van der Waals surface area (Å²) in [6, 6.07) is 10.1. The zero-order valence-electron chi connectivity index (χ0n) is 11.9.